The number of halogens is 2. The lowest BCUT2D eigenvalue weighted by Crippen LogP contribution is -2.09. The zero-order valence-electron chi connectivity index (χ0n) is 14.3. The fourth-order valence-electron chi connectivity index (χ4n) is 2.22. The Morgan fingerprint density at radius 2 is 1.88 bits per heavy atom. The van der Waals surface area contributed by atoms with Crippen LogP contribution < -0.4 is 5.73 Å². The molecule has 0 atom stereocenters. The summed E-state index contributed by atoms with van der Waals surface area (Å²) in [5.41, 5.74) is 6.95. The first-order valence-electron chi connectivity index (χ1n) is 7.97. The molecule has 1 aromatic carbocycles. The molecule has 26 heavy (non-hydrogen) atoms. The van der Waals surface area contributed by atoms with E-state index in [4.69, 9.17) is 33.7 Å². The number of aryl methyl sites for hydroxylation is 1. The second kappa shape index (κ2) is 9.45. The summed E-state index contributed by atoms with van der Waals surface area (Å²) in [5, 5.41) is 8.95. The smallest absolute Gasteiger partial charge is 0.154 e. The molecule has 1 aromatic heterocycles. The monoisotopic (exact) mass is 418 g/mol. The molecule has 10 heteroatoms. The molecule has 0 aliphatic rings. The van der Waals surface area contributed by atoms with Gasteiger partial charge in [0.2, 0.25) is 0 Å². The normalized spacial score (nSPS) is 11.7. The largest absolute Gasteiger partial charge is 0.382 e. The summed E-state index contributed by atoms with van der Waals surface area (Å²) >= 11 is 12.2. The van der Waals surface area contributed by atoms with E-state index in [1.54, 1.807) is 18.2 Å². The lowest BCUT2D eigenvalue weighted by atomic mass is 10.1. The van der Waals surface area contributed by atoms with E-state index in [1.807, 2.05) is 0 Å². The molecular weight excluding hydrogens is 399 g/mol. The number of anilines is 1. The third-order valence-corrected chi connectivity index (χ3v) is 5.31. The van der Waals surface area contributed by atoms with E-state index in [9.17, 15) is 8.42 Å². The first kappa shape index (κ1) is 20.8. The van der Waals surface area contributed by atoms with Crippen molar-refractivity contribution in [2.75, 3.05) is 31.0 Å². The van der Waals surface area contributed by atoms with Gasteiger partial charge in [0.25, 0.3) is 0 Å². The van der Waals surface area contributed by atoms with Gasteiger partial charge in [0.15, 0.2) is 11.6 Å². The van der Waals surface area contributed by atoms with Gasteiger partial charge in [-0.3, -0.25) is 0 Å². The number of nitrogens with two attached hydrogens (primary N) is 1. The van der Waals surface area contributed by atoms with Crippen molar-refractivity contribution in [1.82, 2.24) is 15.2 Å². The predicted octanol–water partition coefficient (Wildman–Crippen LogP) is 2.81. The maximum Gasteiger partial charge on any atom is 0.154 e. The zero-order chi connectivity index (χ0) is 19.2. The molecule has 0 saturated carbocycles. The molecule has 0 spiro atoms. The van der Waals surface area contributed by atoms with Crippen LogP contribution >= 0.6 is 23.2 Å². The van der Waals surface area contributed by atoms with Crippen LogP contribution in [0.4, 0.5) is 5.82 Å². The second-order valence-electron chi connectivity index (χ2n) is 5.76. The highest BCUT2D eigenvalue weighted by Crippen LogP contribution is 2.34. The van der Waals surface area contributed by atoms with Crippen LogP contribution in [0, 0.1) is 0 Å². The quantitative estimate of drug-likeness (QED) is 0.623. The minimum atomic E-state index is -2.94. The lowest BCUT2D eigenvalue weighted by molar-refractivity contribution is 0.132. The Kier molecular flexibility index (Phi) is 7.57. The fourth-order valence-corrected chi connectivity index (χ4v) is 3.25. The number of nitrogen functional groups attached to an aromatic ring is 1. The lowest BCUT2D eigenvalue weighted by Gasteiger charge is -2.08. The number of rotatable bonds is 9. The van der Waals surface area contributed by atoms with E-state index in [2.05, 4.69) is 15.2 Å². The number of sulfone groups is 1. The van der Waals surface area contributed by atoms with Crippen LogP contribution in [0.3, 0.4) is 0 Å². The molecule has 2 aromatic rings. The second-order valence-corrected chi connectivity index (χ2v) is 8.81. The molecule has 1 heterocycles. The predicted molar refractivity (Wildman–Crippen MR) is 103 cm³/mol. The minimum absolute atomic E-state index is 0.129. The van der Waals surface area contributed by atoms with Gasteiger partial charge >= 0.3 is 0 Å². The van der Waals surface area contributed by atoms with Crippen LogP contribution in [0.25, 0.3) is 11.3 Å². The van der Waals surface area contributed by atoms with Crippen molar-refractivity contribution in [3.63, 3.8) is 0 Å². The molecule has 0 unspecified atom stereocenters. The Morgan fingerprint density at radius 3 is 2.58 bits per heavy atom. The Balaban J connectivity index is 1.85. The van der Waals surface area contributed by atoms with Crippen LogP contribution in [0.15, 0.2) is 18.2 Å². The molecular formula is C16H20Cl2N4O3S. The Hall–Kier alpha value is -1.48. The summed E-state index contributed by atoms with van der Waals surface area (Å²) in [6, 6.07) is 5.18. The fraction of sp³-hybridized carbons (Fsp3) is 0.438. The van der Waals surface area contributed by atoms with Crippen molar-refractivity contribution in [3.8, 4) is 11.3 Å². The number of hydrogen-bond donors (Lipinski definition) is 1. The number of benzene rings is 1. The van der Waals surface area contributed by atoms with Crippen molar-refractivity contribution in [2.24, 2.45) is 0 Å². The van der Waals surface area contributed by atoms with Gasteiger partial charge in [-0.2, -0.15) is 0 Å². The highest BCUT2D eigenvalue weighted by Gasteiger charge is 2.13. The molecule has 0 fully saturated rings. The molecule has 2 N–H and O–H groups in total. The van der Waals surface area contributed by atoms with Gasteiger partial charge in [-0.15, -0.1) is 10.2 Å². The molecule has 2 rings (SSSR count). The highest BCUT2D eigenvalue weighted by molar-refractivity contribution is 7.90. The van der Waals surface area contributed by atoms with Crippen LogP contribution in [0.5, 0.6) is 0 Å². The van der Waals surface area contributed by atoms with Gasteiger partial charge in [-0.25, -0.2) is 13.4 Å². The SMILES string of the molecule is CS(=O)(=O)CCCOCCCc1nnc(-c2cccc(Cl)c2Cl)c(N)n1. The van der Waals surface area contributed by atoms with E-state index < -0.39 is 9.84 Å². The van der Waals surface area contributed by atoms with Crippen LogP contribution in [0.1, 0.15) is 18.7 Å². The van der Waals surface area contributed by atoms with E-state index in [0.717, 1.165) is 0 Å². The summed E-state index contributed by atoms with van der Waals surface area (Å²) in [6.07, 6.45) is 2.92. The average molecular weight is 419 g/mol. The van der Waals surface area contributed by atoms with Crippen LogP contribution in [-0.2, 0) is 21.0 Å². The summed E-state index contributed by atoms with van der Waals surface area (Å²) in [6.45, 7) is 0.884. The highest BCUT2D eigenvalue weighted by atomic mass is 35.5. The first-order valence-corrected chi connectivity index (χ1v) is 10.8. The third kappa shape index (κ3) is 6.35. The zero-order valence-corrected chi connectivity index (χ0v) is 16.6. The van der Waals surface area contributed by atoms with Gasteiger partial charge in [0.1, 0.15) is 15.5 Å². The molecule has 0 saturated heterocycles. The molecule has 0 radical (unpaired) electrons. The topological polar surface area (TPSA) is 108 Å². The van der Waals surface area contributed by atoms with Gasteiger partial charge in [0, 0.05) is 31.5 Å². The number of aromatic nitrogens is 3. The van der Waals surface area contributed by atoms with Crippen molar-refractivity contribution in [1.29, 1.82) is 0 Å². The Bertz CT molecular complexity index is 863. The van der Waals surface area contributed by atoms with Crippen molar-refractivity contribution >= 4 is 38.9 Å². The van der Waals surface area contributed by atoms with E-state index in [-0.39, 0.29) is 11.6 Å². The molecule has 0 aliphatic carbocycles. The van der Waals surface area contributed by atoms with E-state index in [1.165, 1.54) is 6.26 Å². The molecule has 0 aliphatic heterocycles. The summed E-state index contributed by atoms with van der Waals surface area (Å²) in [4.78, 5) is 4.25. The van der Waals surface area contributed by atoms with Crippen molar-refractivity contribution in [2.45, 2.75) is 19.3 Å². The summed E-state index contributed by atoms with van der Waals surface area (Å²) in [7, 11) is -2.94. The minimum Gasteiger partial charge on any atom is -0.382 e. The average Bonchev–Trinajstić information content (AvgIpc) is 2.56. The first-order chi connectivity index (χ1) is 12.3. The molecule has 0 bridgehead atoms. The van der Waals surface area contributed by atoms with Gasteiger partial charge < -0.3 is 10.5 Å². The van der Waals surface area contributed by atoms with Gasteiger partial charge in [0.05, 0.1) is 15.8 Å². The van der Waals surface area contributed by atoms with Gasteiger partial charge in [-0.1, -0.05) is 35.3 Å². The molecule has 0 amide bonds. The van der Waals surface area contributed by atoms with E-state index in [0.29, 0.717) is 59.6 Å². The van der Waals surface area contributed by atoms with Gasteiger partial charge in [-0.05, 0) is 18.9 Å². The summed E-state index contributed by atoms with van der Waals surface area (Å²) in [5.74, 6) is 0.863. The Labute approximate surface area is 162 Å². The number of nitrogens with zero attached hydrogens (tertiary/aromatic N) is 3. The van der Waals surface area contributed by atoms with Crippen LogP contribution in [-0.4, -0.2) is 48.8 Å². The Morgan fingerprint density at radius 1 is 1.15 bits per heavy atom. The number of ether oxygens (including phenoxy) is 1. The molecule has 142 valence electrons. The summed E-state index contributed by atoms with van der Waals surface area (Å²) < 4.78 is 27.4. The maximum absolute atomic E-state index is 11.0. The van der Waals surface area contributed by atoms with Crippen LogP contribution in [0.2, 0.25) is 10.0 Å². The maximum atomic E-state index is 11.0. The number of hydrogen-bond acceptors (Lipinski definition) is 7. The standard InChI is InChI=1S/C16H20Cl2N4O3S/c1-26(23,24)10-4-9-25-8-3-7-13-20-16(19)15(22-21-13)11-5-2-6-12(17)14(11)18/h2,5-6H,3-4,7-10H2,1H3,(H2,19,20,21). The van der Waals surface area contributed by atoms with E-state index >= 15 is 0 Å². The van der Waals surface area contributed by atoms with Crippen molar-refractivity contribution in [3.05, 3.63) is 34.1 Å². The molecule has 7 nitrogen and oxygen atoms in total. The third-order valence-electron chi connectivity index (χ3n) is 3.46. The van der Waals surface area contributed by atoms with Crippen molar-refractivity contribution < 1.29 is 13.2 Å².